The van der Waals surface area contributed by atoms with Crippen LogP contribution < -0.4 is 15.4 Å². The van der Waals surface area contributed by atoms with Gasteiger partial charge in [-0.25, -0.2) is 0 Å². The molecule has 0 radical (unpaired) electrons. The van der Waals surface area contributed by atoms with Gasteiger partial charge in [-0.2, -0.15) is 0 Å². The molecule has 0 aliphatic carbocycles. The summed E-state index contributed by atoms with van der Waals surface area (Å²) in [7, 11) is 0. The Morgan fingerprint density at radius 1 is 0.970 bits per heavy atom. The van der Waals surface area contributed by atoms with E-state index < -0.39 is 0 Å². The Labute approximate surface area is 200 Å². The number of anilines is 1. The number of carbonyl (C=O) groups excluding carboxylic acids is 2. The molecular weight excluding hydrogens is 438 g/mol. The topological polar surface area (TPSA) is 79.9 Å². The zero-order chi connectivity index (χ0) is 23.5. The quantitative estimate of drug-likeness (QED) is 0.445. The van der Waals surface area contributed by atoms with Crippen LogP contribution in [0, 0.1) is 0 Å². The number of nitrogens with one attached hydrogen (secondary N) is 2. The Morgan fingerprint density at radius 2 is 1.70 bits per heavy atom. The van der Waals surface area contributed by atoms with Crippen molar-refractivity contribution in [2.24, 2.45) is 0 Å². The average Bonchev–Trinajstić information content (AvgIpc) is 3.11. The number of hydrogen-bond donors (Lipinski definition) is 2. The van der Waals surface area contributed by atoms with Crippen LogP contribution in [0.1, 0.15) is 53.3 Å². The smallest absolute Gasteiger partial charge is 0.257 e. The highest BCUT2D eigenvalue weighted by Gasteiger charge is 2.18. The average molecular weight is 470 g/mol. The number of rotatable bonds is 8. The lowest BCUT2D eigenvalue weighted by molar-refractivity contribution is 0.0761. The van der Waals surface area contributed by atoms with Gasteiger partial charge in [-0.05, 0) is 68.4 Å². The molecular formula is C25H31N3O4S. The van der Waals surface area contributed by atoms with E-state index in [0.29, 0.717) is 42.4 Å². The standard InChI is InChI=1S/C25H31N3O4S/c1-2-31-15-16-32-22-12-8-9-19(18-22)23(29)27-25(33)26-21-11-7-10-20(17-21)24(30)28-13-5-3-4-6-14-28/h7-12,17-18H,2-6,13-16H2,1H3,(H2,26,27,29,33). The first-order valence-electron chi connectivity index (χ1n) is 11.4. The van der Waals surface area contributed by atoms with Crippen LogP contribution in [0.15, 0.2) is 48.5 Å². The minimum atomic E-state index is -0.348. The van der Waals surface area contributed by atoms with Crippen LogP contribution in [-0.4, -0.2) is 54.7 Å². The second-order valence-corrected chi connectivity index (χ2v) is 8.18. The van der Waals surface area contributed by atoms with Gasteiger partial charge in [0, 0.05) is 36.5 Å². The molecule has 0 unspecified atom stereocenters. The van der Waals surface area contributed by atoms with Crippen LogP contribution in [0.4, 0.5) is 5.69 Å². The maximum absolute atomic E-state index is 12.9. The van der Waals surface area contributed by atoms with Crippen molar-refractivity contribution in [1.82, 2.24) is 10.2 Å². The third kappa shape index (κ3) is 7.83. The van der Waals surface area contributed by atoms with Gasteiger partial charge in [-0.1, -0.05) is 25.0 Å². The van der Waals surface area contributed by atoms with E-state index in [4.69, 9.17) is 21.7 Å². The fourth-order valence-corrected chi connectivity index (χ4v) is 3.82. The maximum Gasteiger partial charge on any atom is 0.257 e. The molecule has 2 aromatic carbocycles. The summed E-state index contributed by atoms with van der Waals surface area (Å²) in [5.74, 6) is 0.261. The molecule has 1 fully saturated rings. The van der Waals surface area contributed by atoms with Crippen LogP contribution in [0.5, 0.6) is 5.75 Å². The van der Waals surface area contributed by atoms with Gasteiger partial charge in [0.2, 0.25) is 0 Å². The monoisotopic (exact) mass is 469 g/mol. The predicted molar refractivity (Wildman–Crippen MR) is 133 cm³/mol. The number of carbonyl (C=O) groups is 2. The summed E-state index contributed by atoms with van der Waals surface area (Å²) < 4.78 is 10.9. The Hall–Kier alpha value is -2.97. The van der Waals surface area contributed by atoms with E-state index >= 15 is 0 Å². The van der Waals surface area contributed by atoms with Crippen LogP contribution in [0.2, 0.25) is 0 Å². The van der Waals surface area contributed by atoms with Gasteiger partial charge >= 0.3 is 0 Å². The van der Waals surface area contributed by atoms with Gasteiger partial charge in [-0.3, -0.25) is 14.9 Å². The van der Waals surface area contributed by atoms with Crippen LogP contribution in [-0.2, 0) is 4.74 Å². The number of benzene rings is 2. The summed E-state index contributed by atoms with van der Waals surface area (Å²) in [5.41, 5.74) is 1.68. The summed E-state index contributed by atoms with van der Waals surface area (Å²) in [5, 5.41) is 5.83. The number of ether oxygens (including phenoxy) is 2. The van der Waals surface area contributed by atoms with Crippen LogP contribution in [0.3, 0.4) is 0 Å². The number of likely N-dealkylation sites (tertiary alicyclic amines) is 1. The van der Waals surface area contributed by atoms with Crippen molar-refractivity contribution in [3.05, 3.63) is 59.7 Å². The molecule has 1 aliphatic heterocycles. The molecule has 0 saturated carbocycles. The Kier molecular flexibility index (Phi) is 9.65. The first-order chi connectivity index (χ1) is 16.1. The lowest BCUT2D eigenvalue weighted by Gasteiger charge is -2.20. The molecule has 8 heteroatoms. The SMILES string of the molecule is CCOCCOc1cccc(C(=O)NC(=S)Nc2cccc(C(=O)N3CCCCCC3)c2)c1. The lowest BCUT2D eigenvalue weighted by Crippen LogP contribution is -2.34. The van der Waals surface area contributed by atoms with E-state index in [1.807, 2.05) is 17.9 Å². The van der Waals surface area contributed by atoms with Gasteiger partial charge < -0.3 is 19.7 Å². The van der Waals surface area contributed by atoms with Gasteiger partial charge in [0.25, 0.3) is 11.8 Å². The zero-order valence-corrected chi connectivity index (χ0v) is 19.8. The number of amides is 2. The number of nitrogens with zero attached hydrogens (tertiary/aromatic N) is 1. The molecule has 0 spiro atoms. The second kappa shape index (κ2) is 12.9. The van der Waals surface area contributed by atoms with E-state index in [9.17, 15) is 9.59 Å². The normalized spacial score (nSPS) is 13.7. The molecule has 3 rings (SSSR count). The number of hydrogen-bond acceptors (Lipinski definition) is 5. The van der Waals surface area contributed by atoms with Crippen molar-refractivity contribution in [3.8, 4) is 5.75 Å². The van der Waals surface area contributed by atoms with Crippen molar-refractivity contribution >= 4 is 34.8 Å². The fraction of sp³-hybridized carbons (Fsp3) is 0.400. The fourth-order valence-electron chi connectivity index (χ4n) is 3.61. The third-order valence-electron chi connectivity index (χ3n) is 5.28. The third-order valence-corrected chi connectivity index (χ3v) is 5.49. The molecule has 176 valence electrons. The van der Waals surface area contributed by atoms with Crippen LogP contribution in [0.25, 0.3) is 0 Å². The molecule has 1 saturated heterocycles. The molecule has 0 bridgehead atoms. The Bertz CT molecular complexity index is 958. The predicted octanol–water partition coefficient (Wildman–Crippen LogP) is 4.24. The second-order valence-electron chi connectivity index (χ2n) is 7.77. The molecule has 2 amide bonds. The first-order valence-corrected chi connectivity index (χ1v) is 11.8. The molecule has 0 atom stereocenters. The summed E-state index contributed by atoms with van der Waals surface area (Å²) in [4.78, 5) is 27.4. The summed E-state index contributed by atoms with van der Waals surface area (Å²) in [6.45, 7) is 5.03. The molecule has 2 N–H and O–H groups in total. The largest absolute Gasteiger partial charge is 0.491 e. The Morgan fingerprint density at radius 3 is 2.45 bits per heavy atom. The Balaban J connectivity index is 1.55. The van der Waals surface area contributed by atoms with Gasteiger partial charge in [-0.15, -0.1) is 0 Å². The minimum Gasteiger partial charge on any atom is -0.491 e. The van der Waals surface area contributed by atoms with Crippen molar-refractivity contribution in [3.63, 3.8) is 0 Å². The molecule has 0 aromatic heterocycles. The maximum atomic E-state index is 12.9. The van der Waals surface area contributed by atoms with Gasteiger partial charge in [0.15, 0.2) is 5.11 Å². The van der Waals surface area contributed by atoms with Crippen molar-refractivity contribution in [2.75, 3.05) is 38.2 Å². The van der Waals surface area contributed by atoms with E-state index in [0.717, 1.165) is 25.9 Å². The molecule has 2 aromatic rings. The first kappa shape index (κ1) is 24.7. The van der Waals surface area contributed by atoms with Crippen molar-refractivity contribution < 1.29 is 19.1 Å². The van der Waals surface area contributed by atoms with E-state index in [1.165, 1.54) is 12.8 Å². The highest BCUT2D eigenvalue weighted by molar-refractivity contribution is 7.80. The molecule has 7 nitrogen and oxygen atoms in total. The van der Waals surface area contributed by atoms with E-state index in [2.05, 4.69) is 10.6 Å². The van der Waals surface area contributed by atoms with Crippen molar-refractivity contribution in [1.29, 1.82) is 0 Å². The minimum absolute atomic E-state index is 0.0247. The number of thiocarbonyl (C=S) groups is 1. The zero-order valence-electron chi connectivity index (χ0n) is 19.0. The highest BCUT2D eigenvalue weighted by atomic mass is 32.1. The van der Waals surface area contributed by atoms with Crippen molar-refractivity contribution in [2.45, 2.75) is 32.6 Å². The molecule has 1 aliphatic rings. The summed E-state index contributed by atoms with van der Waals surface area (Å²) >= 11 is 5.31. The van der Waals surface area contributed by atoms with Crippen LogP contribution >= 0.6 is 12.2 Å². The highest BCUT2D eigenvalue weighted by Crippen LogP contribution is 2.17. The van der Waals surface area contributed by atoms with Gasteiger partial charge in [0.05, 0.1) is 6.61 Å². The van der Waals surface area contributed by atoms with E-state index in [1.54, 1.807) is 42.5 Å². The van der Waals surface area contributed by atoms with E-state index in [-0.39, 0.29) is 16.9 Å². The summed E-state index contributed by atoms with van der Waals surface area (Å²) in [6.07, 6.45) is 4.42. The summed E-state index contributed by atoms with van der Waals surface area (Å²) in [6, 6.07) is 14.1. The molecule has 1 heterocycles. The lowest BCUT2D eigenvalue weighted by atomic mass is 10.1. The van der Waals surface area contributed by atoms with Gasteiger partial charge in [0.1, 0.15) is 12.4 Å². The molecule has 33 heavy (non-hydrogen) atoms.